The van der Waals surface area contributed by atoms with Crippen LogP contribution in [0.3, 0.4) is 0 Å². The Morgan fingerprint density at radius 1 is 0.760 bits per heavy atom. The summed E-state index contributed by atoms with van der Waals surface area (Å²) >= 11 is 0. The Bertz CT molecular complexity index is 972. The van der Waals surface area contributed by atoms with E-state index >= 15 is 0 Å². The van der Waals surface area contributed by atoms with Crippen molar-refractivity contribution >= 4 is 33.5 Å². The Morgan fingerprint density at radius 3 is 1.76 bits per heavy atom. The fraction of sp³-hybridized carbons (Fsp3) is 0.238. The molecule has 4 heteroatoms. The highest BCUT2D eigenvalue weighted by Gasteiger charge is 2.19. The molecular formula is C21H20O4. The van der Waals surface area contributed by atoms with Crippen LogP contribution < -0.4 is 9.47 Å². The van der Waals surface area contributed by atoms with Gasteiger partial charge in [0, 0.05) is 34.4 Å². The second-order valence-corrected chi connectivity index (χ2v) is 5.91. The molecule has 3 rings (SSSR count). The zero-order valence-corrected chi connectivity index (χ0v) is 14.6. The van der Waals surface area contributed by atoms with Gasteiger partial charge >= 0.3 is 11.9 Å². The molecule has 4 nitrogen and oxygen atoms in total. The Labute approximate surface area is 146 Å². The summed E-state index contributed by atoms with van der Waals surface area (Å²) in [6, 6.07) is 13.3. The van der Waals surface area contributed by atoms with E-state index in [9.17, 15) is 9.59 Å². The first-order valence-corrected chi connectivity index (χ1v) is 8.41. The number of ether oxygens (including phenoxy) is 2. The minimum atomic E-state index is -0.301. The molecule has 0 unspecified atom stereocenters. The average molecular weight is 336 g/mol. The molecule has 0 bridgehead atoms. The lowest BCUT2D eigenvalue weighted by molar-refractivity contribution is -0.134. The number of aryl methyl sites for hydroxylation is 1. The van der Waals surface area contributed by atoms with Crippen molar-refractivity contribution in [1.29, 1.82) is 0 Å². The highest BCUT2D eigenvalue weighted by atomic mass is 16.5. The van der Waals surface area contributed by atoms with E-state index in [2.05, 4.69) is 0 Å². The molecule has 0 radical (unpaired) electrons. The lowest BCUT2D eigenvalue weighted by atomic mass is 9.99. The zero-order chi connectivity index (χ0) is 18.0. The SMILES string of the molecule is CCC(=O)Oc1c2ccccc2c(OC(=O)CC)c2cc(C)ccc12. The van der Waals surface area contributed by atoms with Gasteiger partial charge in [-0.3, -0.25) is 9.59 Å². The number of hydrogen-bond acceptors (Lipinski definition) is 4. The van der Waals surface area contributed by atoms with Gasteiger partial charge in [0.1, 0.15) is 11.5 Å². The van der Waals surface area contributed by atoms with E-state index in [0.29, 0.717) is 11.5 Å². The fourth-order valence-electron chi connectivity index (χ4n) is 2.81. The van der Waals surface area contributed by atoms with Crippen LogP contribution in [0.4, 0.5) is 0 Å². The quantitative estimate of drug-likeness (QED) is 0.385. The Morgan fingerprint density at radius 2 is 1.24 bits per heavy atom. The third-order valence-electron chi connectivity index (χ3n) is 4.09. The molecule has 0 amide bonds. The van der Waals surface area contributed by atoms with E-state index < -0.39 is 0 Å². The molecule has 0 aromatic heterocycles. The number of hydrogen-bond donors (Lipinski definition) is 0. The maximum Gasteiger partial charge on any atom is 0.310 e. The first-order chi connectivity index (χ1) is 12.0. The van der Waals surface area contributed by atoms with Gasteiger partial charge in [0.15, 0.2) is 0 Å². The molecule has 0 aliphatic heterocycles. The van der Waals surface area contributed by atoms with E-state index in [1.165, 1.54) is 0 Å². The molecule has 25 heavy (non-hydrogen) atoms. The molecule has 0 saturated carbocycles. The second kappa shape index (κ2) is 6.93. The summed E-state index contributed by atoms with van der Waals surface area (Å²) < 4.78 is 11.3. The molecule has 3 aromatic rings. The summed E-state index contributed by atoms with van der Waals surface area (Å²) in [6.07, 6.45) is 0.572. The first-order valence-electron chi connectivity index (χ1n) is 8.41. The standard InChI is InChI=1S/C21H20O4/c1-4-18(22)24-20-14-8-6-7-9-15(14)21(25-19(23)5-2)17-12-13(3)10-11-16(17)20/h6-12H,4-5H2,1-3H3. The topological polar surface area (TPSA) is 52.6 Å². The molecule has 3 aromatic carbocycles. The van der Waals surface area contributed by atoms with Crippen LogP contribution in [0.1, 0.15) is 32.3 Å². The van der Waals surface area contributed by atoms with E-state index in [4.69, 9.17) is 9.47 Å². The number of carbonyl (C=O) groups excluding carboxylic acids is 2. The van der Waals surface area contributed by atoms with Crippen LogP contribution in [0.15, 0.2) is 42.5 Å². The maximum absolute atomic E-state index is 12.0. The van der Waals surface area contributed by atoms with Gasteiger partial charge in [-0.25, -0.2) is 0 Å². The maximum atomic E-state index is 12.0. The molecule has 0 atom stereocenters. The number of fused-ring (bicyclic) bond motifs is 2. The molecule has 0 aliphatic carbocycles. The van der Waals surface area contributed by atoms with Crippen molar-refractivity contribution in [2.45, 2.75) is 33.6 Å². The smallest absolute Gasteiger partial charge is 0.310 e. The molecule has 0 aliphatic rings. The zero-order valence-electron chi connectivity index (χ0n) is 14.6. The van der Waals surface area contributed by atoms with Crippen LogP contribution in [0.25, 0.3) is 21.5 Å². The first kappa shape index (κ1) is 17.0. The van der Waals surface area contributed by atoms with Gasteiger partial charge in [-0.05, 0) is 13.0 Å². The molecule has 0 saturated heterocycles. The molecular weight excluding hydrogens is 316 g/mol. The molecule has 0 N–H and O–H groups in total. The van der Waals surface area contributed by atoms with Crippen molar-refractivity contribution in [2.24, 2.45) is 0 Å². The summed E-state index contributed by atoms with van der Waals surface area (Å²) in [5.74, 6) is 0.419. The predicted molar refractivity (Wildman–Crippen MR) is 98.0 cm³/mol. The summed E-state index contributed by atoms with van der Waals surface area (Å²) in [6.45, 7) is 5.49. The highest BCUT2D eigenvalue weighted by molar-refractivity contribution is 6.12. The normalized spacial score (nSPS) is 10.8. The monoisotopic (exact) mass is 336 g/mol. The van der Waals surface area contributed by atoms with Crippen molar-refractivity contribution in [3.63, 3.8) is 0 Å². The summed E-state index contributed by atoms with van der Waals surface area (Å²) in [7, 11) is 0. The largest absolute Gasteiger partial charge is 0.425 e. The summed E-state index contributed by atoms with van der Waals surface area (Å²) in [4.78, 5) is 23.9. The van der Waals surface area contributed by atoms with E-state index in [1.807, 2.05) is 49.4 Å². The lowest BCUT2D eigenvalue weighted by Crippen LogP contribution is -2.09. The van der Waals surface area contributed by atoms with Crippen molar-refractivity contribution in [3.05, 3.63) is 48.0 Å². The van der Waals surface area contributed by atoms with Gasteiger partial charge in [0.25, 0.3) is 0 Å². The Hall–Kier alpha value is -2.88. The van der Waals surface area contributed by atoms with Gasteiger partial charge in [-0.15, -0.1) is 0 Å². The van der Waals surface area contributed by atoms with Crippen LogP contribution in [0.2, 0.25) is 0 Å². The third-order valence-corrected chi connectivity index (χ3v) is 4.09. The Balaban J connectivity index is 2.40. The number of rotatable bonds is 4. The van der Waals surface area contributed by atoms with Gasteiger partial charge in [0.05, 0.1) is 0 Å². The van der Waals surface area contributed by atoms with E-state index in [1.54, 1.807) is 13.8 Å². The van der Waals surface area contributed by atoms with Gasteiger partial charge in [0.2, 0.25) is 0 Å². The Kier molecular flexibility index (Phi) is 4.70. The van der Waals surface area contributed by atoms with Gasteiger partial charge in [-0.1, -0.05) is 55.8 Å². The van der Waals surface area contributed by atoms with Crippen LogP contribution in [0.5, 0.6) is 11.5 Å². The summed E-state index contributed by atoms with van der Waals surface area (Å²) in [5, 5.41) is 3.02. The molecule has 0 spiro atoms. The predicted octanol–water partition coefficient (Wildman–Crippen LogP) is 4.93. The number of carbonyl (C=O) groups is 2. The van der Waals surface area contributed by atoms with Crippen LogP contribution in [-0.2, 0) is 9.59 Å². The van der Waals surface area contributed by atoms with E-state index in [-0.39, 0.29) is 24.8 Å². The van der Waals surface area contributed by atoms with Crippen molar-refractivity contribution in [3.8, 4) is 11.5 Å². The second-order valence-electron chi connectivity index (χ2n) is 5.91. The van der Waals surface area contributed by atoms with Crippen LogP contribution >= 0.6 is 0 Å². The average Bonchev–Trinajstić information content (AvgIpc) is 2.63. The van der Waals surface area contributed by atoms with Crippen molar-refractivity contribution < 1.29 is 19.1 Å². The van der Waals surface area contributed by atoms with Crippen molar-refractivity contribution in [1.82, 2.24) is 0 Å². The van der Waals surface area contributed by atoms with E-state index in [0.717, 1.165) is 27.1 Å². The molecule has 128 valence electrons. The fourth-order valence-corrected chi connectivity index (χ4v) is 2.81. The molecule has 0 heterocycles. The summed E-state index contributed by atoms with van der Waals surface area (Å²) in [5.41, 5.74) is 1.03. The third kappa shape index (κ3) is 3.20. The number of esters is 2. The number of benzene rings is 3. The van der Waals surface area contributed by atoms with Crippen LogP contribution in [-0.4, -0.2) is 11.9 Å². The molecule has 0 fully saturated rings. The van der Waals surface area contributed by atoms with Crippen LogP contribution in [0, 0.1) is 6.92 Å². The van der Waals surface area contributed by atoms with Gasteiger partial charge < -0.3 is 9.47 Å². The minimum absolute atomic E-state index is 0.286. The highest BCUT2D eigenvalue weighted by Crippen LogP contribution is 2.43. The minimum Gasteiger partial charge on any atom is -0.425 e. The van der Waals surface area contributed by atoms with Gasteiger partial charge in [-0.2, -0.15) is 0 Å². The lowest BCUT2D eigenvalue weighted by Gasteiger charge is -2.16. The van der Waals surface area contributed by atoms with Crippen molar-refractivity contribution in [2.75, 3.05) is 0 Å².